The molecule has 5 aromatic rings. The normalized spacial score (nSPS) is 25.8. The van der Waals surface area contributed by atoms with E-state index in [0.717, 1.165) is 61.9 Å². The Labute approximate surface area is 438 Å². The van der Waals surface area contributed by atoms with Crippen LogP contribution in [0.5, 0.6) is 23.1 Å². The Bertz CT molecular complexity index is 3060. The van der Waals surface area contributed by atoms with E-state index < -0.39 is 37.0 Å². The molecule has 2 saturated carbocycles. The fraction of sp³-hybridized carbons (Fsp3) is 0.536. The average Bonchev–Trinajstić information content (AvgIpc) is 4.02. The van der Waals surface area contributed by atoms with E-state index in [0.29, 0.717) is 69.0 Å². The molecule has 400 valence electrons. The van der Waals surface area contributed by atoms with Crippen LogP contribution in [0.2, 0.25) is 0 Å². The summed E-state index contributed by atoms with van der Waals surface area (Å²) in [7, 11) is -4.74. The Morgan fingerprint density at radius 3 is 2.52 bits per heavy atom. The van der Waals surface area contributed by atoms with Crippen molar-refractivity contribution in [2.24, 2.45) is 11.3 Å². The van der Waals surface area contributed by atoms with Gasteiger partial charge in [0.05, 0.1) is 46.8 Å². The molecular formula is C56H69N7O11S. The van der Waals surface area contributed by atoms with Gasteiger partial charge in [0.1, 0.15) is 30.7 Å². The number of nitro benzene ring substituents is 1. The third kappa shape index (κ3) is 10.6. The van der Waals surface area contributed by atoms with E-state index in [1.54, 1.807) is 31.2 Å². The summed E-state index contributed by atoms with van der Waals surface area (Å²) in [5.41, 5.74) is 4.11. The zero-order valence-corrected chi connectivity index (χ0v) is 44.1. The minimum absolute atomic E-state index is 0.0156. The van der Waals surface area contributed by atoms with Crippen LogP contribution in [0.1, 0.15) is 118 Å². The number of aryl methyl sites for hydroxylation is 1. The topological polar surface area (TPSA) is 220 Å². The Kier molecular flexibility index (Phi) is 14.0. The van der Waals surface area contributed by atoms with Gasteiger partial charge in [-0.3, -0.25) is 19.8 Å². The maximum absolute atomic E-state index is 14.5. The first kappa shape index (κ1) is 51.1. The first-order chi connectivity index (χ1) is 36.0. The number of hydrogen-bond donors (Lipinski definition) is 4. The number of pyridine rings is 1. The second-order valence-corrected chi connectivity index (χ2v) is 24.2. The van der Waals surface area contributed by atoms with Crippen LogP contribution < -0.4 is 29.1 Å². The number of H-pyrrole nitrogens is 1. The molecule has 6 heterocycles. The predicted molar refractivity (Wildman–Crippen MR) is 283 cm³/mol. The van der Waals surface area contributed by atoms with Gasteiger partial charge in [-0.15, -0.1) is 0 Å². The number of nitro groups is 1. The number of likely N-dealkylation sites (tertiary alicyclic amines) is 1. The van der Waals surface area contributed by atoms with Crippen molar-refractivity contribution in [3.05, 3.63) is 99.2 Å². The highest BCUT2D eigenvalue weighted by Gasteiger charge is 2.50. The zero-order chi connectivity index (χ0) is 52.2. The monoisotopic (exact) mass is 1050 g/mol. The number of carbonyl (C=O) groups excluding carboxylic acids is 1. The molecule has 4 aliphatic heterocycles. The van der Waals surface area contributed by atoms with Crippen LogP contribution in [0.4, 0.5) is 17.1 Å². The third-order valence-electron chi connectivity index (χ3n) is 16.8. The van der Waals surface area contributed by atoms with Crippen molar-refractivity contribution in [3.63, 3.8) is 0 Å². The number of hydrogen-bond acceptors (Lipinski definition) is 15. The summed E-state index contributed by atoms with van der Waals surface area (Å²) < 4.78 is 61.1. The number of benzene rings is 3. The van der Waals surface area contributed by atoms with Gasteiger partial charge in [0.15, 0.2) is 17.2 Å². The SMILES string of the molecule is Cc1cc2cc(Oc3cc(N4CCC5(CC4)CN(C4CCC[C@@H]4c4ccccc4C(C)C)C5)ccc3C(=O)NS(=O)(=O)c3cc4c(c([N+](=O)[O-])c3)N[C@@H]([C@H]3CC[C@](C)(O)CC3)CO4)c(OC[C@@H]3COCCO3)nc2[nH]1. The molecule has 4 atom stereocenters. The molecule has 18 nitrogen and oxygen atoms in total. The lowest BCUT2D eigenvalue weighted by molar-refractivity contribution is -0.384. The first-order valence-corrected chi connectivity index (χ1v) is 28.2. The van der Waals surface area contributed by atoms with Gasteiger partial charge in [-0.25, -0.2) is 13.1 Å². The molecule has 11 rings (SSSR count). The molecular weight excluding hydrogens is 979 g/mol. The fourth-order valence-electron chi connectivity index (χ4n) is 12.7. The number of aromatic nitrogens is 2. The van der Waals surface area contributed by atoms with Gasteiger partial charge in [-0.2, -0.15) is 4.98 Å². The van der Waals surface area contributed by atoms with Gasteiger partial charge >= 0.3 is 0 Å². The van der Waals surface area contributed by atoms with Crippen molar-refractivity contribution >= 4 is 44.0 Å². The molecule has 0 radical (unpaired) electrons. The lowest BCUT2D eigenvalue weighted by Crippen LogP contribution is -2.63. The van der Waals surface area contributed by atoms with Crippen LogP contribution in [-0.4, -0.2) is 122 Å². The number of nitrogens with zero attached hydrogens (tertiary/aromatic N) is 4. The lowest BCUT2D eigenvalue weighted by Gasteiger charge is -2.57. The number of sulfonamides is 1. The van der Waals surface area contributed by atoms with Crippen molar-refractivity contribution in [1.29, 1.82) is 0 Å². The highest BCUT2D eigenvalue weighted by Crippen LogP contribution is 2.50. The molecule has 4 N–H and O–H groups in total. The summed E-state index contributed by atoms with van der Waals surface area (Å²) in [6.45, 7) is 13.5. The molecule has 3 aromatic carbocycles. The molecule has 6 aliphatic rings. The summed E-state index contributed by atoms with van der Waals surface area (Å²) in [5.74, 6) is 0.456. The summed E-state index contributed by atoms with van der Waals surface area (Å²) in [6.07, 6.45) is 7.90. The van der Waals surface area contributed by atoms with E-state index in [1.807, 2.05) is 13.0 Å². The average molecular weight is 1050 g/mol. The first-order valence-electron chi connectivity index (χ1n) is 26.7. The second-order valence-electron chi connectivity index (χ2n) is 22.5. The number of amides is 1. The van der Waals surface area contributed by atoms with Crippen molar-refractivity contribution < 1.29 is 46.9 Å². The van der Waals surface area contributed by atoms with Crippen molar-refractivity contribution in [1.82, 2.24) is 19.6 Å². The van der Waals surface area contributed by atoms with E-state index in [-0.39, 0.29) is 71.1 Å². The smallest absolute Gasteiger partial charge is 0.297 e. The fourth-order valence-corrected chi connectivity index (χ4v) is 13.7. The van der Waals surface area contributed by atoms with E-state index in [4.69, 9.17) is 28.7 Å². The standard InChI is InChI=1S/C56H69N7O11S/c1-34(2)41-8-5-6-9-42(41)43-10-7-11-46(43)62-32-56(33-62)18-20-61(21-19-56)38-12-13-44(48(26-38)74-50-25-37-24-35(3)57-52(37)59-54(50)73-30-39-29-70-22-23-71-39)53(64)60-75(68,69)40-27-47(63(66)67)51-49(28-40)72-31-45(58-51)36-14-16-55(4,65)17-15-36/h5-6,8-9,12-13,24-28,34,36,39,43,45-46,58,65H,7,10-11,14-23,29-33H2,1-4H3,(H,57,59)(H,60,64)/t36-,39-,43+,45+,46?,55-/m0/s1. The minimum Gasteiger partial charge on any atom is -0.489 e. The molecule has 1 unspecified atom stereocenters. The molecule has 19 heteroatoms. The maximum Gasteiger partial charge on any atom is 0.297 e. The molecule has 75 heavy (non-hydrogen) atoms. The highest BCUT2D eigenvalue weighted by molar-refractivity contribution is 7.90. The molecule has 0 bridgehead atoms. The summed E-state index contributed by atoms with van der Waals surface area (Å²) in [4.78, 5) is 38.9. The van der Waals surface area contributed by atoms with Gasteiger partial charge in [-0.05, 0) is 124 Å². The van der Waals surface area contributed by atoms with Gasteiger partial charge in [0.2, 0.25) is 0 Å². The van der Waals surface area contributed by atoms with Crippen molar-refractivity contribution in [2.75, 3.05) is 69.4 Å². The van der Waals surface area contributed by atoms with Gasteiger partial charge in [0, 0.05) is 67.2 Å². The number of aliphatic hydroxyl groups is 1. The zero-order valence-electron chi connectivity index (χ0n) is 43.3. The van der Waals surface area contributed by atoms with Crippen LogP contribution in [-0.2, 0) is 19.5 Å². The van der Waals surface area contributed by atoms with Gasteiger partial charge in [-0.1, -0.05) is 44.5 Å². The molecule has 2 aromatic heterocycles. The molecule has 2 aliphatic carbocycles. The maximum atomic E-state index is 14.5. The Hall–Kier alpha value is -5.99. The molecule has 5 fully saturated rings. The largest absolute Gasteiger partial charge is 0.489 e. The number of fused-ring (bicyclic) bond motifs is 2. The number of anilines is 2. The van der Waals surface area contributed by atoms with E-state index in [9.17, 15) is 28.4 Å². The Morgan fingerprint density at radius 2 is 1.77 bits per heavy atom. The highest BCUT2D eigenvalue weighted by atomic mass is 32.2. The number of carbonyl (C=O) groups is 1. The van der Waals surface area contributed by atoms with Crippen LogP contribution >= 0.6 is 0 Å². The summed E-state index contributed by atoms with van der Waals surface area (Å²) in [5, 5.41) is 27.0. The lowest BCUT2D eigenvalue weighted by atomic mass is 9.70. The number of piperidine rings is 1. The number of rotatable bonds is 14. The molecule has 3 saturated heterocycles. The number of ether oxygens (including phenoxy) is 5. The van der Waals surface area contributed by atoms with Crippen LogP contribution in [0.3, 0.4) is 0 Å². The Balaban J connectivity index is 0.850. The summed E-state index contributed by atoms with van der Waals surface area (Å²) >= 11 is 0. The third-order valence-corrected chi connectivity index (χ3v) is 18.1. The Morgan fingerprint density at radius 1 is 0.987 bits per heavy atom. The van der Waals surface area contributed by atoms with E-state index in [1.165, 1.54) is 36.5 Å². The van der Waals surface area contributed by atoms with Crippen LogP contribution in [0.15, 0.2) is 71.6 Å². The quantitative estimate of drug-likeness (QED) is 0.0602. The number of aromatic amines is 1. The van der Waals surface area contributed by atoms with E-state index >= 15 is 0 Å². The molecule has 1 amide bonds. The van der Waals surface area contributed by atoms with Crippen molar-refractivity contribution in [3.8, 4) is 23.1 Å². The van der Waals surface area contributed by atoms with Crippen LogP contribution in [0, 0.1) is 28.4 Å². The van der Waals surface area contributed by atoms with Crippen LogP contribution in [0.25, 0.3) is 11.0 Å². The number of nitrogens with one attached hydrogen (secondary N) is 3. The second kappa shape index (κ2) is 20.5. The predicted octanol–water partition coefficient (Wildman–Crippen LogP) is 8.96. The summed E-state index contributed by atoms with van der Waals surface area (Å²) in [6, 6.07) is 20.2. The van der Waals surface area contributed by atoms with Crippen molar-refractivity contribution in [2.45, 2.75) is 126 Å². The molecule has 1 spiro atoms. The minimum atomic E-state index is -4.74. The van der Waals surface area contributed by atoms with E-state index in [2.05, 4.69) is 62.9 Å². The van der Waals surface area contributed by atoms with Gasteiger partial charge in [0.25, 0.3) is 27.5 Å². The van der Waals surface area contributed by atoms with Gasteiger partial charge < -0.3 is 44.0 Å².